The lowest BCUT2D eigenvalue weighted by Gasteiger charge is -2.12. The fourth-order valence-electron chi connectivity index (χ4n) is 3.22. The summed E-state index contributed by atoms with van der Waals surface area (Å²) in [5, 5.41) is 11.0. The molecule has 1 aliphatic heterocycles. The van der Waals surface area contributed by atoms with Crippen molar-refractivity contribution < 1.29 is 13.9 Å². The number of nitrogens with zero attached hydrogens (tertiary/aromatic N) is 3. The second kappa shape index (κ2) is 10.4. The molecule has 1 saturated heterocycles. The van der Waals surface area contributed by atoms with Crippen LogP contribution in [0.2, 0.25) is 0 Å². The quantitative estimate of drug-likeness (QED) is 0.167. The molecule has 0 spiro atoms. The predicted molar refractivity (Wildman–Crippen MR) is 137 cm³/mol. The van der Waals surface area contributed by atoms with Gasteiger partial charge in [-0.25, -0.2) is 0 Å². The van der Waals surface area contributed by atoms with Crippen molar-refractivity contribution in [2.24, 2.45) is 10.2 Å². The van der Waals surface area contributed by atoms with E-state index in [0.717, 1.165) is 16.2 Å². The number of amides is 1. The highest BCUT2D eigenvalue weighted by Crippen LogP contribution is 2.34. The Morgan fingerprint density at radius 1 is 0.971 bits per heavy atom. The van der Waals surface area contributed by atoms with E-state index in [1.165, 1.54) is 11.8 Å². The van der Waals surface area contributed by atoms with E-state index in [4.69, 9.17) is 9.15 Å². The number of para-hydroxylation sites is 1. The molecule has 0 radical (unpaired) electrons. The van der Waals surface area contributed by atoms with Crippen molar-refractivity contribution in [2.45, 2.75) is 6.54 Å². The number of ether oxygens (including phenoxy) is 1. The maximum Gasteiger partial charge on any atom is 0.267 e. The monoisotopic (exact) mass is 485 g/mol. The molecule has 2 aromatic heterocycles. The molecule has 0 atom stereocenters. The molecule has 0 saturated carbocycles. The summed E-state index contributed by atoms with van der Waals surface area (Å²) in [5.41, 5.74) is 0.852. The van der Waals surface area contributed by atoms with Crippen molar-refractivity contribution >= 4 is 46.5 Å². The van der Waals surface area contributed by atoms with Crippen molar-refractivity contribution in [2.75, 3.05) is 0 Å². The lowest BCUT2D eigenvalue weighted by Crippen LogP contribution is -2.28. The van der Waals surface area contributed by atoms with Crippen LogP contribution in [0.1, 0.15) is 16.2 Å². The number of hydrogen-bond acceptors (Lipinski definition) is 7. The molecule has 1 fully saturated rings. The first-order chi connectivity index (χ1) is 16.7. The third-order valence-electron chi connectivity index (χ3n) is 4.79. The highest BCUT2D eigenvalue weighted by molar-refractivity contribution is 8.18. The maximum atomic E-state index is 13.2. The summed E-state index contributed by atoms with van der Waals surface area (Å²) in [6, 6.07) is 24.7. The summed E-state index contributed by atoms with van der Waals surface area (Å²) < 4.78 is 11.4. The summed E-state index contributed by atoms with van der Waals surface area (Å²) in [4.78, 5) is 16.4. The number of benzene rings is 2. The fraction of sp³-hybridized carbons (Fsp3) is 0.0385. The first kappa shape index (κ1) is 21.9. The van der Waals surface area contributed by atoms with E-state index in [1.54, 1.807) is 34.8 Å². The summed E-state index contributed by atoms with van der Waals surface area (Å²) in [5.74, 6) is 1.96. The zero-order valence-corrected chi connectivity index (χ0v) is 19.5. The Morgan fingerprint density at radius 2 is 1.85 bits per heavy atom. The largest absolute Gasteiger partial charge is 0.467 e. The molecular weight excluding hydrogens is 466 g/mol. The second-order valence-electron chi connectivity index (χ2n) is 7.21. The number of amidine groups is 1. The highest BCUT2D eigenvalue weighted by atomic mass is 32.2. The molecule has 3 heterocycles. The zero-order valence-electron chi connectivity index (χ0n) is 17.9. The topological polar surface area (TPSA) is 67.4 Å². The fourth-order valence-corrected chi connectivity index (χ4v) is 4.74. The average Bonchev–Trinajstić information content (AvgIpc) is 3.61. The van der Waals surface area contributed by atoms with Gasteiger partial charge in [-0.1, -0.05) is 36.4 Å². The first-order valence-electron chi connectivity index (χ1n) is 10.5. The molecule has 1 aliphatic rings. The molecular formula is C26H19N3O3S2. The van der Waals surface area contributed by atoms with Crippen molar-refractivity contribution in [3.05, 3.63) is 112 Å². The number of furan rings is 1. The van der Waals surface area contributed by atoms with E-state index in [2.05, 4.69) is 10.2 Å². The van der Waals surface area contributed by atoms with Crippen LogP contribution >= 0.6 is 23.1 Å². The lowest BCUT2D eigenvalue weighted by molar-refractivity contribution is -0.122. The lowest BCUT2D eigenvalue weighted by atomic mass is 10.2. The second-order valence-corrected chi connectivity index (χ2v) is 9.20. The van der Waals surface area contributed by atoms with Gasteiger partial charge in [-0.2, -0.15) is 5.10 Å². The Morgan fingerprint density at radius 3 is 2.65 bits per heavy atom. The van der Waals surface area contributed by atoms with Crippen molar-refractivity contribution in [1.82, 2.24) is 4.90 Å². The summed E-state index contributed by atoms with van der Waals surface area (Å²) in [6.07, 6.45) is 5.11. The molecule has 4 aromatic rings. The van der Waals surface area contributed by atoms with Crippen LogP contribution in [0.5, 0.6) is 11.5 Å². The number of carbonyl (C=O) groups is 1. The third kappa shape index (κ3) is 5.36. The van der Waals surface area contributed by atoms with Crippen LogP contribution in [0.15, 0.2) is 110 Å². The van der Waals surface area contributed by atoms with Gasteiger partial charge < -0.3 is 9.15 Å². The van der Waals surface area contributed by atoms with Crippen LogP contribution in [0.25, 0.3) is 6.08 Å². The molecule has 0 unspecified atom stereocenters. The third-order valence-corrected chi connectivity index (χ3v) is 6.59. The first-order valence-corrected chi connectivity index (χ1v) is 12.2. The van der Waals surface area contributed by atoms with Crippen LogP contribution < -0.4 is 4.74 Å². The van der Waals surface area contributed by atoms with Gasteiger partial charge in [-0.15, -0.1) is 16.4 Å². The van der Waals surface area contributed by atoms with Crippen LogP contribution in [-0.2, 0) is 11.3 Å². The van der Waals surface area contributed by atoms with E-state index >= 15 is 0 Å². The van der Waals surface area contributed by atoms with Gasteiger partial charge >= 0.3 is 0 Å². The van der Waals surface area contributed by atoms with Crippen LogP contribution in [0, 0.1) is 0 Å². The minimum Gasteiger partial charge on any atom is -0.467 e. The SMILES string of the molecule is O=C1/C(=C/c2cccc(Oc3ccccc3)c2)S/C(=N/N=C\c2cccs2)N1Cc1ccco1. The molecule has 6 nitrogen and oxygen atoms in total. The van der Waals surface area contributed by atoms with Gasteiger partial charge in [0.2, 0.25) is 0 Å². The Bertz CT molecular complexity index is 1350. The van der Waals surface area contributed by atoms with Crippen molar-refractivity contribution in [3.8, 4) is 11.5 Å². The van der Waals surface area contributed by atoms with Crippen LogP contribution in [-0.4, -0.2) is 22.2 Å². The standard InChI is InChI=1S/C26H19N3O3S2/c30-25-24(16-19-7-4-10-21(15-19)32-20-8-2-1-3-9-20)34-26(28-27-17-23-12-6-14-33-23)29(25)18-22-11-5-13-31-22/h1-17H,18H2/b24-16-,27-17-,28-26+. The Hall–Kier alpha value is -3.88. The molecule has 5 rings (SSSR count). The van der Waals surface area contributed by atoms with Gasteiger partial charge in [0.25, 0.3) is 5.91 Å². The zero-order chi connectivity index (χ0) is 23.2. The smallest absolute Gasteiger partial charge is 0.267 e. The normalized spacial score (nSPS) is 16.2. The maximum absolute atomic E-state index is 13.2. The molecule has 1 amide bonds. The molecule has 0 N–H and O–H groups in total. The van der Waals surface area contributed by atoms with E-state index in [0.29, 0.717) is 21.6 Å². The van der Waals surface area contributed by atoms with Gasteiger partial charge in [0.15, 0.2) is 5.17 Å². The molecule has 8 heteroatoms. The molecule has 168 valence electrons. The van der Waals surface area contributed by atoms with E-state index < -0.39 is 0 Å². The van der Waals surface area contributed by atoms with Gasteiger partial charge in [0.1, 0.15) is 17.3 Å². The predicted octanol–water partition coefficient (Wildman–Crippen LogP) is 6.64. The van der Waals surface area contributed by atoms with Crippen LogP contribution in [0.4, 0.5) is 0 Å². The number of rotatable bonds is 7. The van der Waals surface area contributed by atoms with Gasteiger partial charge in [0, 0.05) is 4.88 Å². The average molecular weight is 486 g/mol. The molecule has 0 bridgehead atoms. The molecule has 0 aliphatic carbocycles. The summed E-state index contributed by atoms with van der Waals surface area (Å²) in [6.45, 7) is 0.278. The minimum absolute atomic E-state index is 0.152. The number of carbonyl (C=O) groups excluding carboxylic acids is 1. The molecule has 2 aromatic carbocycles. The van der Waals surface area contributed by atoms with Crippen molar-refractivity contribution in [3.63, 3.8) is 0 Å². The highest BCUT2D eigenvalue weighted by Gasteiger charge is 2.34. The number of thiophene rings is 1. The van der Waals surface area contributed by atoms with Crippen molar-refractivity contribution in [1.29, 1.82) is 0 Å². The summed E-state index contributed by atoms with van der Waals surface area (Å²) >= 11 is 2.86. The number of hydrogen-bond donors (Lipinski definition) is 0. The van der Waals surface area contributed by atoms with E-state index in [-0.39, 0.29) is 12.5 Å². The van der Waals surface area contributed by atoms with Gasteiger partial charge in [0.05, 0.1) is 23.9 Å². The van der Waals surface area contributed by atoms with Crippen LogP contribution in [0.3, 0.4) is 0 Å². The minimum atomic E-state index is -0.152. The number of thioether (sulfide) groups is 1. The Balaban J connectivity index is 1.40. The Labute approximate surface area is 204 Å². The van der Waals surface area contributed by atoms with E-state index in [9.17, 15) is 4.79 Å². The summed E-state index contributed by atoms with van der Waals surface area (Å²) in [7, 11) is 0. The van der Waals surface area contributed by atoms with E-state index in [1.807, 2.05) is 84.3 Å². The van der Waals surface area contributed by atoms with Gasteiger partial charge in [-0.05, 0) is 71.2 Å². The Kier molecular flexibility index (Phi) is 6.69. The van der Waals surface area contributed by atoms with Gasteiger partial charge in [-0.3, -0.25) is 9.69 Å². The molecule has 34 heavy (non-hydrogen) atoms.